The van der Waals surface area contributed by atoms with Gasteiger partial charge in [-0.2, -0.15) is 0 Å². The first-order valence-electron chi connectivity index (χ1n) is 5.32. The van der Waals surface area contributed by atoms with Crippen molar-refractivity contribution in [3.8, 4) is 0 Å². The van der Waals surface area contributed by atoms with E-state index in [1.165, 1.54) is 22.6 Å². The van der Waals surface area contributed by atoms with E-state index in [0.29, 0.717) is 0 Å². The zero-order valence-electron chi connectivity index (χ0n) is 8.95. The number of hydrogen-bond donors (Lipinski definition) is 1. The van der Waals surface area contributed by atoms with Crippen molar-refractivity contribution in [1.82, 2.24) is 5.32 Å². The minimum Gasteiger partial charge on any atom is -0.312 e. The molecule has 2 aromatic rings. The second-order valence-electron chi connectivity index (χ2n) is 3.63. The van der Waals surface area contributed by atoms with E-state index >= 15 is 0 Å². The van der Waals surface area contributed by atoms with Gasteiger partial charge in [0.05, 0.1) is 0 Å². The Hall–Kier alpha value is -1.19. The summed E-state index contributed by atoms with van der Waals surface area (Å²) in [5.74, 6) is -0.171. The topological polar surface area (TPSA) is 12.0 Å². The van der Waals surface area contributed by atoms with Crippen LogP contribution in [0.25, 0.3) is 0 Å². The molecule has 1 heterocycles. The highest BCUT2D eigenvalue weighted by Crippen LogP contribution is 2.07. The van der Waals surface area contributed by atoms with E-state index in [9.17, 15) is 4.39 Å². The minimum absolute atomic E-state index is 0.171. The summed E-state index contributed by atoms with van der Waals surface area (Å²) in [5.41, 5.74) is 1.17. The molecule has 0 aliphatic carbocycles. The third kappa shape index (κ3) is 3.43. The standard InChI is InChI=1S/C13H14FNS/c14-12-5-3-11(4-6-12)7-8-15-10-13-2-1-9-16-13/h1-6,9,15H,7-8,10H2. The van der Waals surface area contributed by atoms with Crippen molar-refractivity contribution < 1.29 is 4.39 Å². The maximum Gasteiger partial charge on any atom is 0.123 e. The van der Waals surface area contributed by atoms with E-state index in [2.05, 4.69) is 22.8 Å². The molecule has 0 saturated carbocycles. The summed E-state index contributed by atoms with van der Waals surface area (Å²) >= 11 is 1.76. The summed E-state index contributed by atoms with van der Waals surface area (Å²) < 4.78 is 12.6. The molecule has 0 atom stereocenters. The molecule has 1 N–H and O–H groups in total. The lowest BCUT2D eigenvalue weighted by atomic mass is 10.1. The smallest absolute Gasteiger partial charge is 0.123 e. The Balaban J connectivity index is 1.70. The number of thiophene rings is 1. The van der Waals surface area contributed by atoms with Crippen molar-refractivity contribution >= 4 is 11.3 Å². The van der Waals surface area contributed by atoms with E-state index in [0.717, 1.165) is 19.5 Å². The molecule has 0 aliphatic rings. The van der Waals surface area contributed by atoms with E-state index in [1.54, 1.807) is 11.3 Å². The molecule has 1 aromatic heterocycles. The van der Waals surface area contributed by atoms with Gasteiger partial charge in [-0.15, -0.1) is 11.3 Å². The SMILES string of the molecule is Fc1ccc(CCNCc2cccs2)cc1. The largest absolute Gasteiger partial charge is 0.312 e. The molecule has 1 nitrogen and oxygen atoms in total. The summed E-state index contributed by atoms with van der Waals surface area (Å²) in [6.07, 6.45) is 0.936. The molecule has 0 amide bonds. The summed E-state index contributed by atoms with van der Waals surface area (Å²) in [4.78, 5) is 1.35. The van der Waals surface area contributed by atoms with Crippen LogP contribution in [0.1, 0.15) is 10.4 Å². The highest BCUT2D eigenvalue weighted by atomic mass is 32.1. The van der Waals surface area contributed by atoms with Gasteiger partial charge >= 0.3 is 0 Å². The Labute approximate surface area is 98.9 Å². The highest BCUT2D eigenvalue weighted by molar-refractivity contribution is 7.09. The van der Waals surface area contributed by atoms with Gasteiger partial charge in [0.25, 0.3) is 0 Å². The Morgan fingerprint density at radius 2 is 1.94 bits per heavy atom. The maximum absolute atomic E-state index is 12.6. The van der Waals surface area contributed by atoms with Gasteiger partial charge in [0.1, 0.15) is 5.82 Å². The molecule has 0 fully saturated rings. The van der Waals surface area contributed by atoms with E-state index in [1.807, 2.05) is 12.1 Å². The lowest BCUT2D eigenvalue weighted by Crippen LogP contribution is -2.15. The molecule has 3 heteroatoms. The van der Waals surface area contributed by atoms with Crippen molar-refractivity contribution in [3.63, 3.8) is 0 Å². The summed E-state index contributed by atoms with van der Waals surface area (Å²) in [6.45, 7) is 1.84. The fourth-order valence-electron chi connectivity index (χ4n) is 1.51. The molecule has 1 aromatic carbocycles. The Bertz CT molecular complexity index is 408. The summed E-state index contributed by atoms with van der Waals surface area (Å²) in [6, 6.07) is 10.9. The van der Waals surface area contributed by atoms with Gasteiger partial charge in [-0.3, -0.25) is 0 Å². The number of rotatable bonds is 5. The van der Waals surface area contributed by atoms with E-state index in [4.69, 9.17) is 0 Å². The van der Waals surface area contributed by atoms with Crippen molar-refractivity contribution in [2.24, 2.45) is 0 Å². The quantitative estimate of drug-likeness (QED) is 0.785. The van der Waals surface area contributed by atoms with Crippen molar-refractivity contribution in [2.45, 2.75) is 13.0 Å². The zero-order chi connectivity index (χ0) is 11.2. The van der Waals surface area contributed by atoms with Crippen LogP contribution in [0.2, 0.25) is 0 Å². The first-order valence-corrected chi connectivity index (χ1v) is 6.20. The predicted molar refractivity (Wildman–Crippen MR) is 66.1 cm³/mol. The average molecular weight is 235 g/mol. The predicted octanol–water partition coefficient (Wildman–Crippen LogP) is 3.22. The summed E-state index contributed by atoms with van der Waals surface area (Å²) in [5, 5.41) is 5.45. The Morgan fingerprint density at radius 3 is 2.62 bits per heavy atom. The molecule has 0 aliphatic heterocycles. The first-order chi connectivity index (χ1) is 7.84. The first kappa shape index (κ1) is 11.3. The van der Waals surface area contributed by atoms with Crippen LogP contribution in [0.4, 0.5) is 4.39 Å². The van der Waals surface area contributed by atoms with Crippen LogP contribution in [-0.2, 0) is 13.0 Å². The highest BCUT2D eigenvalue weighted by Gasteiger charge is 1.95. The Morgan fingerprint density at radius 1 is 1.12 bits per heavy atom. The molecule has 84 valence electrons. The van der Waals surface area contributed by atoms with Gasteiger partial charge in [-0.25, -0.2) is 4.39 Å². The zero-order valence-corrected chi connectivity index (χ0v) is 9.77. The monoisotopic (exact) mass is 235 g/mol. The minimum atomic E-state index is -0.171. The molecule has 16 heavy (non-hydrogen) atoms. The van der Waals surface area contributed by atoms with Crippen LogP contribution in [0, 0.1) is 5.82 Å². The molecular formula is C13H14FNS. The second-order valence-corrected chi connectivity index (χ2v) is 4.66. The van der Waals surface area contributed by atoms with Crippen molar-refractivity contribution in [3.05, 3.63) is 58.0 Å². The average Bonchev–Trinajstić information content (AvgIpc) is 2.80. The molecule has 0 spiro atoms. The number of halogens is 1. The number of nitrogens with one attached hydrogen (secondary N) is 1. The third-order valence-electron chi connectivity index (χ3n) is 2.38. The molecule has 0 saturated heterocycles. The Kier molecular flexibility index (Phi) is 4.08. The van der Waals surface area contributed by atoms with Crippen LogP contribution in [0.15, 0.2) is 41.8 Å². The lowest BCUT2D eigenvalue weighted by Gasteiger charge is -2.03. The fraction of sp³-hybridized carbons (Fsp3) is 0.231. The molecule has 0 radical (unpaired) electrons. The van der Waals surface area contributed by atoms with Crippen LogP contribution in [-0.4, -0.2) is 6.54 Å². The normalized spacial score (nSPS) is 10.6. The number of benzene rings is 1. The molecule has 0 bridgehead atoms. The lowest BCUT2D eigenvalue weighted by molar-refractivity contribution is 0.626. The van der Waals surface area contributed by atoms with Gasteiger partial charge in [-0.1, -0.05) is 18.2 Å². The van der Waals surface area contributed by atoms with Gasteiger partial charge in [0.15, 0.2) is 0 Å². The summed E-state index contributed by atoms with van der Waals surface area (Å²) in [7, 11) is 0. The van der Waals surface area contributed by atoms with Crippen molar-refractivity contribution in [1.29, 1.82) is 0 Å². The second kappa shape index (κ2) is 5.77. The maximum atomic E-state index is 12.6. The van der Waals surface area contributed by atoms with Gasteiger partial charge < -0.3 is 5.32 Å². The van der Waals surface area contributed by atoms with E-state index in [-0.39, 0.29) is 5.82 Å². The van der Waals surface area contributed by atoms with Crippen LogP contribution < -0.4 is 5.32 Å². The van der Waals surface area contributed by atoms with E-state index < -0.39 is 0 Å². The van der Waals surface area contributed by atoms with Gasteiger partial charge in [-0.05, 0) is 42.1 Å². The van der Waals surface area contributed by atoms with Crippen LogP contribution in [0.3, 0.4) is 0 Å². The van der Waals surface area contributed by atoms with Crippen LogP contribution >= 0.6 is 11.3 Å². The molecule has 2 rings (SSSR count). The van der Waals surface area contributed by atoms with Crippen molar-refractivity contribution in [2.75, 3.05) is 6.54 Å². The molecule has 0 unspecified atom stereocenters. The number of hydrogen-bond acceptors (Lipinski definition) is 2. The van der Waals surface area contributed by atoms with Crippen LogP contribution in [0.5, 0.6) is 0 Å². The van der Waals surface area contributed by atoms with Gasteiger partial charge in [0, 0.05) is 11.4 Å². The molecular weight excluding hydrogens is 221 g/mol. The fourth-order valence-corrected chi connectivity index (χ4v) is 2.18. The van der Waals surface area contributed by atoms with Gasteiger partial charge in [0.2, 0.25) is 0 Å². The third-order valence-corrected chi connectivity index (χ3v) is 3.26.